The van der Waals surface area contributed by atoms with E-state index in [2.05, 4.69) is 0 Å². The molecular weight excluding hydrogens is 273 g/mol. The molecule has 2 nitrogen and oxygen atoms in total. The Balaban J connectivity index is 5.74. The molecule has 0 atom stereocenters. The molecule has 0 saturated heterocycles. The zero-order chi connectivity index (χ0) is 15.6. The molecule has 0 heterocycles. The molecule has 0 unspecified atom stereocenters. The summed E-state index contributed by atoms with van der Waals surface area (Å²) in [4.78, 5) is 12.4. The third-order valence-electron chi connectivity index (χ3n) is 3.85. The Morgan fingerprint density at radius 2 is 1.32 bits per heavy atom. The summed E-state index contributed by atoms with van der Waals surface area (Å²) < 4.78 is 37.0. The average molecular weight is 296 g/mol. The van der Waals surface area contributed by atoms with Crippen LogP contribution in [0.5, 0.6) is 0 Å². The van der Waals surface area contributed by atoms with Gasteiger partial charge >= 0.3 is 6.18 Å². The number of carbonyl (C=O) groups excluding carboxylic acids is 1. The van der Waals surface area contributed by atoms with Crippen molar-refractivity contribution in [2.24, 2.45) is 0 Å². The van der Waals surface area contributed by atoms with Gasteiger partial charge in [-0.15, -0.1) is 0 Å². The van der Waals surface area contributed by atoms with E-state index in [-0.39, 0.29) is 16.6 Å². The highest BCUT2D eigenvalue weighted by Gasteiger charge is 2.49. The molecule has 0 aromatic rings. The lowest BCUT2D eigenvalue weighted by atomic mass is 10.4. The van der Waals surface area contributed by atoms with Crippen molar-refractivity contribution in [2.45, 2.75) is 64.3 Å². The molecule has 0 aliphatic rings. The topological polar surface area (TPSA) is 37.3 Å². The first kappa shape index (κ1) is 18.2. The molecule has 0 spiro atoms. The van der Waals surface area contributed by atoms with Gasteiger partial charge in [0.25, 0.3) is 0 Å². The van der Waals surface area contributed by atoms with Gasteiger partial charge in [-0.25, -0.2) is 0 Å². The number of carbonyl (C=O) groups is 1. The van der Waals surface area contributed by atoms with Crippen LogP contribution in [-0.2, 0) is 4.79 Å². The Kier molecular flexibility index (Phi) is 5.86. The van der Waals surface area contributed by atoms with Crippen LogP contribution in [0, 0.1) is 0 Å². The van der Waals surface area contributed by atoms with Gasteiger partial charge in [0.2, 0.25) is 5.76 Å². The third kappa shape index (κ3) is 3.61. The van der Waals surface area contributed by atoms with Gasteiger partial charge in [0.05, 0.1) is 0 Å². The van der Waals surface area contributed by atoms with E-state index in [4.69, 9.17) is 5.11 Å². The van der Waals surface area contributed by atoms with E-state index in [9.17, 15) is 18.0 Å². The summed E-state index contributed by atoms with van der Waals surface area (Å²) in [5.41, 5.74) is 0.0341. The van der Waals surface area contributed by atoms with Crippen LogP contribution in [0.15, 0.2) is 11.8 Å². The van der Waals surface area contributed by atoms with Gasteiger partial charge in [0.15, 0.2) is 0 Å². The standard InChI is InChI=1S/C13H23F3O2Si/c1-8(2)19(9(3)4,10(5)6)12(18)7-11(17)13(14,15)16/h7-10,17H,1-6H3/b11-7-. The number of halogens is 3. The summed E-state index contributed by atoms with van der Waals surface area (Å²) in [5.74, 6) is -1.80. The average Bonchev–Trinajstić information content (AvgIpc) is 2.14. The maximum atomic E-state index is 12.4. The largest absolute Gasteiger partial charge is 0.504 e. The zero-order valence-electron chi connectivity index (χ0n) is 12.3. The van der Waals surface area contributed by atoms with Gasteiger partial charge in [-0.2, -0.15) is 13.2 Å². The fourth-order valence-corrected chi connectivity index (χ4v) is 9.28. The summed E-state index contributed by atoms with van der Waals surface area (Å²) in [6, 6.07) is 0. The van der Waals surface area contributed by atoms with Crippen molar-refractivity contribution in [3.05, 3.63) is 11.8 Å². The van der Waals surface area contributed by atoms with E-state index in [1.165, 1.54) is 0 Å². The quantitative estimate of drug-likeness (QED) is 0.450. The highest BCUT2D eigenvalue weighted by atomic mass is 28.3. The second kappa shape index (κ2) is 6.11. The highest BCUT2D eigenvalue weighted by molar-refractivity contribution is 7.09. The Morgan fingerprint density at radius 1 is 1.00 bits per heavy atom. The lowest BCUT2D eigenvalue weighted by Gasteiger charge is -2.40. The van der Waals surface area contributed by atoms with Crippen molar-refractivity contribution >= 4 is 13.5 Å². The van der Waals surface area contributed by atoms with Crippen LogP contribution in [0.2, 0.25) is 16.6 Å². The minimum Gasteiger partial charge on any atom is -0.504 e. The fourth-order valence-electron chi connectivity index (χ4n) is 3.18. The van der Waals surface area contributed by atoms with Gasteiger partial charge in [-0.3, -0.25) is 0 Å². The Bertz CT molecular complexity index is 336. The van der Waals surface area contributed by atoms with Crippen LogP contribution in [0.1, 0.15) is 41.5 Å². The molecule has 19 heavy (non-hydrogen) atoms. The molecule has 0 aliphatic heterocycles. The lowest BCUT2D eigenvalue weighted by molar-refractivity contribution is -0.123. The van der Waals surface area contributed by atoms with Crippen LogP contribution < -0.4 is 0 Å². The smallest absolute Gasteiger partial charge is 0.448 e. The van der Waals surface area contributed by atoms with Crippen molar-refractivity contribution < 1.29 is 23.1 Å². The molecule has 112 valence electrons. The summed E-state index contributed by atoms with van der Waals surface area (Å²) in [5, 5.41) is 8.48. The van der Waals surface area contributed by atoms with Crippen molar-refractivity contribution in [1.82, 2.24) is 0 Å². The first-order valence-electron chi connectivity index (χ1n) is 6.40. The highest BCUT2D eigenvalue weighted by Crippen LogP contribution is 2.42. The molecule has 0 amide bonds. The van der Waals surface area contributed by atoms with Crippen LogP contribution in [0.4, 0.5) is 13.2 Å². The molecule has 0 bridgehead atoms. The predicted molar refractivity (Wildman–Crippen MR) is 72.8 cm³/mol. The Hall–Kier alpha value is -0.783. The monoisotopic (exact) mass is 296 g/mol. The lowest BCUT2D eigenvalue weighted by Crippen LogP contribution is -2.52. The molecule has 0 fully saturated rings. The number of alkyl halides is 3. The van der Waals surface area contributed by atoms with Crippen LogP contribution >= 0.6 is 0 Å². The number of allylic oxidation sites excluding steroid dienone is 2. The molecule has 0 aliphatic carbocycles. The molecule has 0 aromatic carbocycles. The Labute approximate surface area is 113 Å². The summed E-state index contributed by atoms with van der Waals surface area (Å²) >= 11 is 0. The summed E-state index contributed by atoms with van der Waals surface area (Å²) in [6.07, 6.45) is -4.47. The molecule has 0 aromatic heterocycles. The van der Waals surface area contributed by atoms with Gasteiger partial charge in [0, 0.05) is 6.08 Å². The van der Waals surface area contributed by atoms with E-state index < -0.39 is 25.4 Å². The van der Waals surface area contributed by atoms with Crippen molar-refractivity contribution in [3.63, 3.8) is 0 Å². The second-order valence-electron chi connectivity index (χ2n) is 5.79. The van der Waals surface area contributed by atoms with Crippen LogP contribution in [0.25, 0.3) is 0 Å². The normalized spacial score (nSPS) is 14.6. The summed E-state index contributed by atoms with van der Waals surface area (Å²) in [7, 11) is -2.65. The van der Waals surface area contributed by atoms with Gasteiger partial charge in [-0.1, -0.05) is 41.5 Å². The maximum absolute atomic E-state index is 12.4. The van der Waals surface area contributed by atoms with Gasteiger partial charge < -0.3 is 9.90 Å². The Morgan fingerprint density at radius 3 is 1.53 bits per heavy atom. The SMILES string of the molecule is CC(C)[Si](C(=O)/C=C(\O)C(F)(F)F)(C(C)C)C(C)C. The van der Waals surface area contributed by atoms with Crippen LogP contribution in [0.3, 0.4) is 0 Å². The fraction of sp³-hybridized carbons (Fsp3) is 0.769. The molecule has 0 rings (SSSR count). The molecule has 0 saturated carbocycles. The minimum atomic E-state index is -4.86. The first-order valence-corrected chi connectivity index (χ1v) is 8.63. The van der Waals surface area contributed by atoms with E-state index >= 15 is 0 Å². The number of aliphatic hydroxyl groups excluding tert-OH is 1. The molecule has 0 radical (unpaired) electrons. The molecular formula is C13H23F3O2Si. The van der Waals surface area contributed by atoms with Crippen molar-refractivity contribution in [2.75, 3.05) is 0 Å². The van der Waals surface area contributed by atoms with Crippen molar-refractivity contribution in [1.29, 1.82) is 0 Å². The minimum absolute atomic E-state index is 0.0114. The predicted octanol–water partition coefficient (Wildman–Crippen LogP) is 4.78. The number of aliphatic hydroxyl groups is 1. The summed E-state index contributed by atoms with van der Waals surface area (Å²) in [6.45, 7) is 11.3. The number of hydrogen-bond acceptors (Lipinski definition) is 2. The first-order chi connectivity index (χ1) is 8.38. The van der Waals surface area contributed by atoms with E-state index in [1.54, 1.807) is 0 Å². The number of rotatable bonds is 5. The van der Waals surface area contributed by atoms with Crippen molar-refractivity contribution in [3.8, 4) is 0 Å². The molecule has 6 heteroatoms. The van der Waals surface area contributed by atoms with E-state index in [0.717, 1.165) is 0 Å². The second-order valence-corrected chi connectivity index (χ2v) is 11.6. The third-order valence-corrected chi connectivity index (χ3v) is 10.6. The van der Waals surface area contributed by atoms with E-state index in [1.807, 2.05) is 41.5 Å². The van der Waals surface area contributed by atoms with Gasteiger partial charge in [0.1, 0.15) is 13.5 Å². The van der Waals surface area contributed by atoms with Gasteiger partial charge in [-0.05, 0) is 16.6 Å². The molecule has 1 N–H and O–H groups in total. The van der Waals surface area contributed by atoms with Crippen LogP contribution in [-0.4, -0.2) is 24.8 Å². The number of hydrogen-bond donors (Lipinski definition) is 1. The maximum Gasteiger partial charge on any atom is 0.448 e. The zero-order valence-corrected chi connectivity index (χ0v) is 13.3. The van der Waals surface area contributed by atoms with E-state index in [0.29, 0.717) is 6.08 Å².